The fourth-order valence-electron chi connectivity index (χ4n) is 1.28. The molecule has 0 aliphatic rings. The maximum atomic E-state index is 11.1. The number of halogens is 1. The summed E-state index contributed by atoms with van der Waals surface area (Å²) >= 11 is 0. The molecule has 0 bridgehead atoms. The molecule has 0 atom stereocenters. The minimum absolute atomic E-state index is 0.296. The van der Waals surface area contributed by atoms with Crippen LogP contribution in [0.3, 0.4) is 0 Å². The van der Waals surface area contributed by atoms with Gasteiger partial charge in [0, 0.05) is 31.0 Å². The van der Waals surface area contributed by atoms with Crippen LogP contribution in [0.25, 0.3) is 11.5 Å². The first kappa shape index (κ1) is 11.1. The van der Waals surface area contributed by atoms with E-state index in [0.29, 0.717) is 11.5 Å². The molecule has 2 rings (SSSR count). The Kier molecular flexibility index (Phi) is 2.47. The van der Waals surface area contributed by atoms with E-state index in [1.165, 1.54) is 11.6 Å². The number of hydrogen-bond acceptors (Lipinski definition) is 5. The van der Waals surface area contributed by atoms with Crippen molar-refractivity contribution in [2.45, 2.75) is 5.16 Å². The first-order valence-electron chi connectivity index (χ1n) is 4.22. The highest BCUT2D eigenvalue weighted by Gasteiger charge is 2.21. The van der Waals surface area contributed by atoms with Crippen molar-refractivity contribution in [3.8, 4) is 11.5 Å². The van der Waals surface area contributed by atoms with Crippen LogP contribution in [0.2, 0.25) is 0 Å². The van der Waals surface area contributed by atoms with Crippen molar-refractivity contribution >= 4 is 19.7 Å². The van der Waals surface area contributed by atoms with Crippen LogP contribution in [0.1, 0.15) is 0 Å². The zero-order valence-electron chi connectivity index (χ0n) is 8.49. The molecule has 2 aromatic rings. The summed E-state index contributed by atoms with van der Waals surface area (Å²) in [7, 11) is 4.62. The highest BCUT2D eigenvalue weighted by Crippen LogP contribution is 2.18. The Morgan fingerprint density at radius 1 is 1.31 bits per heavy atom. The Morgan fingerprint density at radius 3 is 2.44 bits per heavy atom. The largest absolute Gasteiger partial charge is 0.340 e. The van der Waals surface area contributed by atoms with Crippen LogP contribution in [0, 0.1) is 0 Å². The van der Waals surface area contributed by atoms with Crippen molar-refractivity contribution in [2.75, 3.05) is 0 Å². The number of aromatic nitrogens is 5. The second-order valence-corrected chi connectivity index (χ2v) is 5.69. The van der Waals surface area contributed by atoms with E-state index in [2.05, 4.69) is 15.2 Å². The van der Waals surface area contributed by atoms with E-state index in [4.69, 9.17) is 10.7 Å². The molecule has 0 radical (unpaired) electrons. The highest BCUT2D eigenvalue weighted by molar-refractivity contribution is 8.13. The quantitative estimate of drug-likeness (QED) is 0.719. The van der Waals surface area contributed by atoms with E-state index in [1.807, 2.05) is 0 Å². The molecule has 0 amide bonds. The van der Waals surface area contributed by atoms with Gasteiger partial charge >= 0.3 is 0 Å². The predicted octanol–water partition coefficient (Wildman–Crippen LogP) is 0.143. The lowest BCUT2D eigenvalue weighted by Gasteiger charge is -1.97. The number of nitrogens with zero attached hydrogens (tertiary/aromatic N) is 5. The molecule has 0 spiro atoms. The van der Waals surface area contributed by atoms with Crippen molar-refractivity contribution in [2.24, 2.45) is 14.1 Å². The maximum Gasteiger partial charge on any atom is 0.296 e. The lowest BCUT2D eigenvalue weighted by molar-refractivity contribution is 0.593. The lowest BCUT2D eigenvalue weighted by atomic mass is 10.4. The summed E-state index contributed by atoms with van der Waals surface area (Å²) in [5.41, 5.74) is 0.532. The van der Waals surface area contributed by atoms with Gasteiger partial charge in [-0.3, -0.25) is 4.57 Å². The number of imidazole rings is 1. The average molecular weight is 262 g/mol. The molecule has 16 heavy (non-hydrogen) atoms. The molecular weight excluding hydrogens is 254 g/mol. The van der Waals surface area contributed by atoms with E-state index >= 15 is 0 Å². The third kappa shape index (κ3) is 1.81. The van der Waals surface area contributed by atoms with Crippen molar-refractivity contribution in [1.82, 2.24) is 24.3 Å². The summed E-state index contributed by atoms with van der Waals surface area (Å²) in [6, 6.07) is 0. The van der Waals surface area contributed by atoms with Gasteiger partial charge in [-0.15, -0.1) is 10.2 Å². The maximum absolute atomic E-state index is 11.1. The first-order chi connectivity index (χ1) is 7.39. The number of aryl methyl sites for hydroxylation is 1. The SMILES string of the molecule is Cn1cnc(-c2nnc(S(=O)(=O)Cl)n2C)c1. The molecular formula is C7H8ClN5O2S. The fourth-order valence-corrected chi connectivity index (χ4v) is 2.23. The van der Waals surface area contributed by atoms with Gasteiger partial charge in [-0.25, -0.2) is 13.4 Å². The Morgan fingerprint density at radius 2 is 2.00 bits per heavy atom. The van der Waals surface area contributed by atoms with Crippen LogP contribution in [0.4, 0.5) is 0 Å². The fraction of sp³-hybridized carbons (Fsp3) is 0.286. The normalized spacial score (nSPS) is 11.9. The summed E-state index contributed by atoms with van der Waals surface area (Å²) in [5, 5.41) is 6.96. The highest BCUT2D eigenvalue weighted by atomic mass is 35.7. The van der Waals surface area contributed by atoms with Crippen LogP contribution < -0.4 is 0 Å². The van der Waals surface area contributed by atoms with Gasteiger partial charge in [-0.2, -0.15) is 0 Å². The molecule has 9 heteroatoms. The molecule has 2 heterocycles. The Balaban J connectivity index is 2.58. The summed E-state index contributed by atoms with van der Waals surface area (Å²) in [6.07, 6.45) is 3.29. The summed E-state index contributed by atoms with van der Waals surface area (Å²) in [6.45, 7) is 0. The molecule has 0 aromatic carbocycles. The summed E-state index contributed by atoms with van der Waals surface area (Å²) in [4.78, 5) is 4.04. The topological polar surface area (TPSA) is 82.7 Å². The predicted molar refractivity (Wildman–Crippen MR) is 56.2 cm³/mol. The van der Waals surface area contributed by atoms with Crippen LogP contribution in [-0.4, -0.2) is 32.7 Å². The van der Waals surface area contributed by atoms with Gasteiger partial charge in [-0.1, -0.05) is 0 Å². The average Bonchev–Trinajstić information content (AvgIpc) is 2.70. The molecule has 7 nitrogen and oxygen atoms in total. The second kappa shape index (κ2) is 3.56. The van der Waals surface area contributed by atoms with Gasteiger partial charge in [0.05, 0.1) is 6.33 Å². The van der Waals surface area contributed by atoms with Gasteiger partial charge in [0.1, 0.15) is 5.69 Å². The van der Waals surface area contributed by atoms with E-state index in [0.717, 1.165) is 0 Å². The lowest BCUT2D eigenvalue weighted by Crippen LogP contribution is -2.02. The number of hydrogen-bond donors (Lipinski definition) is 0. The van der Waals surface area contributed by atoms with Gasteiger partial charge < -0.3 is 4.57 Å². The summed E-state index contributed by atoms with van der Waals surface area (Å²) in [5.74, 6) is 0.347. The van der Waals surface area contributed by atoms with E-state index in [9.17, 15) is 8.42 Å². The van der Waals surface area contributed by atoms with Crippen molar-refractivity contribution in [3.63, 3.8) is 0 Å². The third-order valence-corrected chi connectivity index (χ3v) is 3.19. The molecule has 0 unspecified atom stereocenters. The number of rotatable bonds is 2. The Labute approximate surface area is 96.1 Å². The second-order valence-electron chi connectivity index (χ2n) is 3.23. The van der Waals surface area contributed by atoms with Gasteiger partial charge in [0.2, 0.25) is 0 Å². The van der Waals surface area contributed by atoms with Crippen molar-refractivity contribution < 1.29 is 8.42 Å². The minimum atomic E-state index is -3.89. The molecule has 2 aromatic heterocycles. The Hall–Kier alpha value is -1.41. The molecule has 0 saturated heterocycles. The molecule has 86 valence electrons. The zero-order chi connectivity index (χ0) is 11.9. The molecule has 0 aliphatic carbocycles. The van der Waals surface area contributed by atoms with Gasteiger partial charge in [-0.05, 0) is 0 Å². The van der Waals surface area contributed by atoms with Crippen molar-refractivity contribution in [1.29, 1.82) is 0 Å². The monoisotopic (exact) mass is 261 g/mol. The van der Waals surface area contributed by atoms with Crippen LogP contribution in [-0.2, 0) is 23.1 Å². The summed E-state index contributed by atoms with van der Waals surface area (Å²) < 4.78 is 25.2. The third-order valence-electron chi connectivity index (χ3n) is 1.99. The molecule has 0 N–H and O–H groups in total. The zero-order valence-corrected chi connectivity index (χ0v) is 10.1. The minimum Gasteiger partial charge on any atom is -0.340 e. The molecule has 0 fully saturated rings. The van der Waals surface area contributed by atoms with Crippen LogP contribution >= 0.6 is 10.7 Å². The first-order valence-corrected chi connectivity index (χ1v) is 6.53. The van der Waals surface area contributed by atoms with Crippen LogP contribution in [0.15, 0.2) is 17.7 Å². The molecule has 0 aliphatic heterocycles. The molecule has 0 saturated carbocycles. The van der Waals surface area contributed by atoms with Crippen LogP contribution in [0.5, 0.6) is 0 Å². The van der Waals surface area contributed by atoms with Crippen molar-refractivity contribution in [3.05, 3.63) is 12.5 Å². The van der Waals surface area contributed by atoms with Gasteiger partial charge in [0.15, 0.2) is 5.82 Å². The smallest absolute Gasteiger partial charge is 0.296 e. The van der Waals surface area contributed by atoms with E-state index in [1.54, 1.807) is 24.1 Å². The standard InChI is InChI=1S/C7H8ClN5O2S/c1-12-3-5(9-4-12)6-10-11-7(13(6)2)16(8,14)15/h3-4H,1-2H3. The Bertz CT molecular complexity index is 629. The van der Waals surface area contributed by atoms with E-state index in [-0.39, 0.29) is 5.16 Å². The van der Waals surface area contributed by atoms with E-state index < -0.39 is 9.05 Å². The van der Waals surface area contributed by atoms with Gasteiger partial charge in [0.25, 0.3) is 14.2 Å².